The van der Waals surface area contributed by atoms with Gasteiger partial charge in [0, 0.05) is 23.0 Å². The van der Waals surface area contributed by atoms with Gasteiger partial charge in [0.2, 0.25) is 0 Å². The van der Waals surface area contributed by atoms with Crippen molar-refractivity contribution in [2.45, 2.75) is 6.61 Å². The Morgan fingerprint density at radius 3 is 2.60 bits per heavy atom. The summed E-state index contributed by atoms with van der Waals surface area (Å²) in [6.07, 6.45) is 1.63. The van der Waals surface area contributed by atoms with Gasteiger partial charge in [-0.25, -0.2) is 8.78 Å². The van der Waals surface area contributed by atoms with Crippen molar-refractivity contribution in [3.63, 3.8) is 0 Å². The fourth-order valence-corrected chi connectivity index (χ4v) is 1.41. The molecular formula is C11H9F2NO. The van der Waals surface area contributed by atoms with Crippen molar-refractivity contribution in [3.05, 3.63) is 47.7 Å². The molecule has 0 atom stereocenters. The van der Waals surface area contributed by atoms with Crippen LogP contribution in [0.1, 0.15) is 5.56 Å². The molecule has 2 rings (SSSR count). The Labute approximate surface area is 85.2 Å². The SMILES string of the molecule is OCc1cc(F)c(-c2ccc[nH]2)cc1F. The Balaban J connectivity index is 2.55. The van der Waals surface area contributed by atoms with E-state index in [2.05, 4.69) is 4.98 Å². The van der Waals surface area contributed by atoms with Gasteiger partial charge in [-0.3, -0.25) is 0 Å². The summed E-state index contributed by atoms with van der Waals surface area (Å²) in [6, 6.07) is 5.43. The van der Waals surface area contributed by atoms with Crippen molar-refractivity contribution in [1.29, 1.82) is 0 Å². The molecule has 15 heavy (non-hydrogen) atoms. The predicted octanol–water partition coefficient (Wildman–Crippen LogP) is 2.45. The van der Waals surface area contributed by atoms with E-state index in [4.69, 9.17) is 5.11 Å². The Bertz CT molecular complexity index is 466. The van der Waals surface area contributed by atoms with Crippen LogP contribution in [-0.4, -0.2) is 10.1 Å². The predicted molar refractivity (Wildman–Crippen MR) is 52.1 cm³/mol. The lowest BCUT2D eigenvalue weighted by Crippen LogP contribution is -1.94. The first-order valence-corrected chi connectivity index (χ1v) is 4.45. The van der Waals surface area contributed by atoms with E-state index in [1.54, 1.807) is 18.3 Å². The normalized spacial score (nSPS) is 10.6. The van der Waals surface area contributed by atoms with Gasteiger partial charge in [-0.2, -0.15) is 0 Å². The lowest BCUT2D eigenvalue weighted by Gasteiger charge is -2.04. The summed E-state index contributed by atoms with van der Waals surface area (Å²) in [6.45, 7) is -0.506. The molecule has 2 aromatic rings. The van der Waals surface area contributed by atoms with Gasteiger partial charge in [0.05, 0.1) is 6.61 Å². The molecule has 1 aromatic heterocycles. The van der Waals surface area contributed by atoms with E-state index < -0.39 is 18.2 Å². The average Bonchev–Trinajstić information content (AvgIpc) is 2.74. The number of halogens is 2. The monoisotopic (exact) mass is 209 g/mol. The molecule has 0 unspecified atom stereocenters. The third kappa shape index (κ3) is 1.76. The van der Waals surface area contributed by atoms with Crippen LogP contribution in [0, 0.1) is 11.6 Å². The summed E-state index contributed by atoms with van der Waals surface area (Å²) < 4.78 is 26.8. The highest BCUT2D eigenvalue weighted by Crippen LogP contribution is 2.24. The lowest BCUT2D eigenvalue weighted by atomic mass is 10.1. The Kier molecular flexibility index (Phi) is 2.51. The van der Waals surface area contributed by atoms with Crippen molar-refractivity contribution in [3.8, 4) is 11.3 Å². The smallest absolute Gasteiger partial charge is 0.133 e. The van der Waals surface area contributed by atoms with Crippen LogP contribution in [0.25, 0.3) is 11.3 Å². The van der Waals surface area contributed by atoms with Gasteiger partial charge in [-0.15, -0.1) is 0 Å². The summed E-state index contributed by atoms with van der Waals surface area (Å²) in [5.74, 6) is -1.16. The molecule has 78 valence electrons. The Hall–Kier alpha value is -1.68. The molecule has 1 heterocycles. The first kappa shape index (κ1) is 9.86. The minimum Gasteiger partial charge on any atom is -0.392 e. The molecule has 0 amide bonds. The molecule has 1 aromatic carbocycles. The molecule has 0 saturated carbocycles. The molecular weight excluding hydrogens is 200 g/mol. The molecule has 0 fully saturated rings. The molecule has 2 N–H and O–H groups in total. The van der Waals surface area contributed by atoms with Gasteiger partial charge in [-0.1, -0.05) is 0 Å². The zero-order chi connectivity index (χ0) is 10.8. The van der Waals surface area contributed by atoms with Crippen LogP contribution < -0.4 is 0 Å². The fourth-order valence-electron chi connectivity index (χ4n) is 1.41. The lowest BCUT2D eigenvalue weighted by molar-refractivity contribution is 0.275. The molecule has 0 radical (unpaired) electrons. The van der Waals surface area contributed by atoms with Gasteiger partial charge in [0.25, 0.3) is 0 Å². The van der Waals surface area contributed by atoms with E-state index in [0.717, 1.165) is 12.1 Å². The number of aromatic amines is 1. The maximum atomic E-state index is 13.5. The number of nitrogens with one attached hydrogen (secondary N) is 1. The van der Waals surface area contributed by atoms with Crippen molar-refractivity contribution < 1.29 is 13.9 Å². The van der Waals surface area contributed by atoms with Crippen LogP contribution in [-0.2, 0) is 6.61 Å². The van der Waals surface area contributed by atoms with Crippen LogP contribution in [0.3, 0.4) is 0 Å². The molecule has 4 heteroatoms. The number of H-pyrrole nitrogens is 1. The second-order valence-electron chi connectivity index (χ2n) is 3.17. The summed E-state index contributed by atoms with van der Waals surface area (Å²) in [4.78, 5) is 2.79. The number of aromatic nitrogens is 1. The number of hydrogen-bond donors (Lipinski definition) is 2. The standard InChI is InChI=1S/C11H9F2NO/c12-9-5-8(11-2-1-3-14-11)10(13)4-7(9)6-15/h1-5,14-15H,6H2. The van der Waals surface area contributed by atoms with Crippen LogP contribution in [0.4, 0.5) is 8.78 Å². The van der Waals surface area contributed by atoms with E-state index >= 15 is 0 Å². The molecule has 0 saturated heterocycles. The zero-order valence-corrected chi connectivity index (χ0v) is 7.80. The molecule has 0 aliphatic carbocycles. The van der Waals surface area contributed by atoms with Crippen molar-refractivity contribution in [2.24, 2.45) is 0 Å². The third-order valence-electron chi connectivity index (χ3n) is 2.19. The third-order valence-corrected chi connectivity index (χ3v) is 2.19. The summed E-state index contributed by atoms with van der Waals surface area (Å²) in [7, 11) is 0. The first-order valence-electron chi connectivity index (χ1n) is 4.45. The number of hydrogen-bond acceptors (Lipinski definition) is 1. The number of rotatable bonds is 2. The number of benzene rings is 1. The van der Waals surface area contributed by atoms with Crippen LogP contribution >= 0.6 is 0 Å². The second-order valence-corrected chi connectivity index (χ2v) is 3.17. The minimum absolute atomic E-state index is 0.0391. The largest absolute Gasteiger partial charge is 0.392 e. The molecule has 0 aliphatic heterocycles. The van der Waals surface area contributed by atoms with Crippen LogP contribution in [0.5, 0.6) is 0 Å². The van der Waals surface area contributed by atoms with Crippen molar-refractivity contribution in [2.75, 3.05) is 0 Å². The summed E-state index contributed by atoms with van der Waals surface area (Å²) in [5.41, 5.74) is 0.633. The van der Waals surface area contributed by atoms with E-state index in [0.29, 0.717) is 5.69 Å². The minimum atomic E-state index is -0.608. The quantitative estimate of drug-likeness (QED) is 0.783. The van der Waals surface area contributed by atoms with Crippen molar-refractivity contribution >= 4 is 0 Å². The highest BCUT2D eigenvalue weighted by atomic mass is 19.1. The van der Waals surface area contributed by atoms with E-state index in [-0.39, 0.29) is 11.1 Å². The zero-order valence-electron chi connectivity index (χ0n) is 7.80. The van der Waals surface area contributed by atoms with E-state index in [1.165, 1.54) is 0 Å². The van der Waals surface area contributed by atoms with Gasteiger partial charge >= 0.3 is 0 Å². The molecule has 0 aliphatic rings. The number of aliphatic hydroxyl groups excluding tert-OH is 1. The topological polar surface area (TPSA) is 36.0 Å². The number of aliphatic hydroxyl groups is 1. The highest BCUT2D eigenvalue weighted by Gasteiger charge is 2.11. The van der Waals surface area contributed by atoms with Gasteiger partial charge < -0.3 is 10.1 Å². The first-order chi connectivity index (χ1) is 7.22. The summed E-state index contributed by atoms with van der Waals surface area (Å²) >= 11 is 0. The second kappa shape index (κ2) is 3.82. The average molecular weight is 209 g/mol. The molecule has 2 nitrogen and oxygen atoms in total. The van der Waals surface area contributed by atoms with Gasteiger partial charge in [-0.05, 0) is 24.3 Å². The van der Waals surface area contributed by atoms with Gasteiger partial charge in [0.1, 0.15) is 11.6 Å². The van der Waals surface area contributed by atoms with E-state index in [1.807, 2.05) is 0 Å². The maximum absolute atomic E-state index is 13.5. The van der Waals surface area contributed by atoms with Gasteiger partial charge in [0.15, 0.2) is 0 Å². The Morgan fingerprint density at radius 1 is 1.20 bits per heavy atom. The Morgan fingerprint density at radius 2 is 2.00 bits per heavy atom. The van der Waals surface area contributed by atoms with E-state index in [9.17, 15) is 8.78 Å². The van der Waals surface area contributed by atoms with Crippen LogP contribution in [0.15, 0.2) is 30.5 Å². The maximum Gasteiger partial charge on any atom is 0.133 e. The van der Waals surface area contributed by atoms with Crippen molar-refractivity contribution in [1.82, 2.24) is 4.98 Å². The molecule has 0 bridgehead atoms. The highest BCUT2D eigenvalue weighted by molar-refractivity contribution is 5.60. The summed E-state index contributed by atoms with van der Waals surface area (Å²) in [5, 5.41) is 8.75. The fraction of sp³-hybridized carbons (Fsp3) is 0.0909. The van der Waals surface area contributed by atoms with Crippen LogP contribution in [0.2, 0.25) is 0 Å². The molecule has 0 spiro atoms.